The Kier molecular flexibility index (Phi) is 4.25. The predicted molar refractivity (Wildman–Crippen MR) is 73.0 cm³/mol. The van der Waals surface area contributed by atoms with Crippen molar-refractivity contribution in [1.82, 2.24) is 0 Å². The first-order chi connectivity index (χ1) is 8.56. The highest BCUT2D eigenvalue weighted by Crippen LogP contribution is 2.29. The topological polar surface area (TPSA) is 38.3 Å². The maximum Gasteiger partial charge on any atom is 0.253 e. The lowest BCUT2D eigenvalue weighted by Crippen LogP contribution is -2.28. The van der Waals surface area contributed by atoms with E-state index in [2.05, 4.69) is 5.32 Å². The fraction of sp³-hybridized carbons (Fsp3) is 0.500. The molecular weight excluding hydrogens is 250 g/mol. The van der Waals surface area contributed by atoms with Gasteiger partial charge in [-0.2, -0.15) is 0 Å². The lowest BCUT2D eigenvalue weighted by molar-refractivity contribution is -0.126. The number of hydrogen-bond donors (Lipinski definition) is 1. The lowest BCUT2D eigenvalue weighted by Gasteiger charge is -2.14. The summed E-state index contributed by atoms with van der Waals surface area (Å²) in [6.45, 7) is 4.38. The van der Waals surface area contributed by atoms with E-state index in [1.165, 1.54) is 12.8 Å². The molecule has 98 valence electrons. The van der Waals surface area contributed by atoms with E-state index in [9.17, 15) is 4.79 Å². The van der Waals surface area contributed by atoms with Crippen LogP contribution in [0.4, 0.5) is 5.69 Å². The van der Waals surface area contributed by atoms with Crippen molar-refractivity contribution >= 4 is 23.2 Å². The van der Waals surface area contributed by atoms with Gasteiger partial charge in [0.25, 0.3) is 5.91 Å². The van der Waals surface area contributed by atoms with Gasteiger partial charge in [-0.1, -0.05) is 11.6 Å². The lowest BCUT2D eigenvalue weighted by atomic mass is 10.2. The van der Waals surface area contributed by atoms with Crippen LogP contribution in [0, 0.1) is 12.8 Å². The van der Waals surface area contributed by atoms with E-state index in [0.717, 1.165) is 11.3 Å². The summed E-state index contributed by atoms with van der Waals surface area (Å²) in [5.74, 6) is 0.554. The van der Waals surface area contributed by atoms with Gasteiger partial charge in [0, 0.05) is 10.7 Å². The van der Waals surface area contributed by atoms with Gasteiger partial charge in [-0.3, -0.25) is 4.79 Å². The Morgan fingerprint density at radius 2 is 2.28 bits per heavy atom. The van der Waals surface area contributed by atoms with E-state index in [1.807, 2.05) is 19.1 Å². The fourth-order valence-corrected chi connectivity index (χ4v) is 1.87. The minimum absolute atomic E-state index is 0.110. The Hall–Kier alpha value is -1.06. The minimum atomic E-state index is -0.416. The van der Waals surface area contributed by atoms with Gasteiger partial charge < -0.3 is 10.1 Å². The third-order valence-corrected chi connectivity index (χ3v) is 3.33. The molecule has 1 aromatic carbocycles. The van der Waals surface area contributed by atoms with Crippen LogP contribution in [0.2, 0.25) is 5.02 Å². The van der Waals surface area contributed by atoms with Gasteiger partial charge in [-0.05, 0) is 56.4 Å². The third-order valence-electron chi connectivity index (χ3n) is 3.09. The van der Waals surface area contributed by atoms with Crippen LogP contribution in [0.25, 0.3) is 0 Å². The molecule has 3 nitrogen and oxygen atoms in total. The van der Waals surface area contributed by atoms with E-state index in [1.54, 1.807) is 13.0 Å². The molecule has 0 heterocycles. The summed E-state index contributed by atoms with van der Waals surface area (Å²) in [6.07, 6.45) is 2.04. The summed E-state index contributed by atoms with van der Waals surface area (Å²) in [6, 6.07) is 5.40. The molecular formula is C14H18ClNO2. The van der Waals surface area contributed by atoms with Gasteiger partial charge in [0.1, 0.15) is 6.10 Å². The van der Waals surface area contributed by atoms with Crippen molar-refractivity contribution in [3.05, 3.63) is 28.8 Å². The van der Waals surface area contributed by atoms with Crippen molar-refractivity contribution in [3.8, 4) is 0 Å². The summed E-state index contributed by atoms with van der Waals surface area (Å²) < 4.78 is 5.53. The van der Waals surface area contributed by atoms with Crippen LogP contribution < -0.4 is 5.32 Å². The number of ether oxygens (including phenoxy) is 1. The second kappa shape index (κ2) is 5.72. The number of carbonyl (C=O) groups is 1. The Labute approximate surface area is 112 Å². The van der Waals surface area contributed by atoms with Gasteiger partial charge in [0.2, 0.25) is 0 Å². The Bertz CT molecular complexity index is 443. The summed E-state index contributed by atoms with van der Waals surface area (Å²) in [7, 11) is 0. The zero-order valence-corrected chi connectivity index (χ0v) is 11.5. The normalized spacial score (nSPS) is 16.4. The molecule has 0 spiro atoms. The largest absolute Gasteiger partial charge is 0.368 e. The van der Waals surface area contributed by atoms with Crippen molar-refractivity contribution in [3.63, 3.8) is 0 Å². The number of nitrogens with one attached hydrogen (secondary N) is 1. The third kappa shape index (κ3) is 3.72. The molecule has 18 heavy (non-hydrogen) atoms. The van der Waals surface area contributed by atoms with Crippen molar-refractivity contribution < 1.29 is 9.53 Å². The van der Waals surface area contributed by atoms with Gasteiger partial charge in [-0.25, -0.2) is 0 Å². The average Bonchev–Trinajstić information content (AvgIpc) is 3.13. The number of aryl methyl sites for hydroxylation is 1. The number of carbonyl (C=O) groups excluding carboxylic acids is 1. The molecule has 4 heteroatoms. The maximum atomic E-state index is 11.9. The molecule has 1 aromatic rings. The number of anilines is 1. The van der Waals surface area contributed by atoms with Crippen molar-refractivity contribution in [1.29, 1.82) is 0 Å². The van der Waals surface area contributed by atoms with E-state index < -0.39 is 6.10 Å². The molecule has 1 aliphatic carbocycles. The predicted octanol–water partition coefficient (Wildman–Crippen LogP) is 3.40. The molecule has 0 bridgehead atoms. The standard InChI is InChI=1S/C14H18ClNO2/c1-9-7-12(15)5-6-13(9)16-14(17)10(2)18-8-11-3-4-11/h5-7,10-11H,3-4,8H2,1-2H3,(H,16,17). The van der Waals surface area contributed by atoms with Crippen molar-refractivity contribution in [2.45, 2.75) is 32.8 Å². The number of hydrogen-bond acceptors (Lipinski definition) is 2. The van der Waals surface area contributed by atoms with E-state index in [-0.39, 0.29) is 5.91 Å². The molecule has 1 amide bonds. The molecule has 1 aliphatic rings. The Morgan fingerprint density at radius 3 is 2.89 bits per heavy atom. The van der Waals surface area contributed by atoms with Crippen LogP contribution in [-0.2, 0) is 9.53 Å². The summed E-state index contributed by atoms with van der Waals surface area (Å²) in [4.78, 5) is 11.9. The van der Waals surface area contributed by atoms with Crippen LogP contribution in [-0.4, -0.2) is 18.6 Å². The van der Waals surface area contributed by atoms with Gasteiger partial charge in [0.05, 0.1) is 6.61 Å². The van der Waals surface area contributed by atoms with Crippen LogP contribution in [0.3, 0.4) is 0 Å². The molecule has 1 atom stereocenters. The van der Waals surface area contributed by atoms with Gasteiger partial charge >= 0.3 is 0 Å². The molecule has 0 saturated heterocycles. The van der Waals surface area contributed by atoms with E-state index >= 15 is 0 Å². The summed E-state index contributed by atoms with van der Waals surface area (Å²) in [5, 5.41) is 3.53. The number of halogens is 1. The molecule has 0 aliphatic heterocycles. The highest BCUT2D eigenvalue weighted by molar-refractivity contribution is 6.30. The molecule has 0 aromatic heterocycles. The zero-order chi connectivity index (χ0) is 13.1. The molecule has 0 radical (unpaired) electrons. The first-order valence-electron chi connectivity index (χ1n) is 6.25. The Morgan fingerprint density at radius 1 is 1.56 bits per heavy atom. The van der Waals surface area contributed by atoms with Crippen LogP contribution in [0.5, 0.6) is 0 Å². The quantitative estimate of drug-likeness (QED) is 0.888. The van der Waals surface area contributed by atoms with E-state index in [0.29, 0.717) is 17.5 Å². The minimum Gasteiger partial charge on any atom is -0.368 e. The van der Waals surface area contributed by atoms with Crippen LogP contribution >= 0.6 is 11.6 Å². The average molecular weight is 268 g/mol. The van der Waals surface area contributed by atoms with E-state index in [4.69, 9.17) is 16.3 Å². The molecule has 2 rings (SSSR count). The molecule has 1 N–H and O–H groups in total. The highest BCUT2D eigenvalue weighted by atomic mass is 35.5. The first kappa shape index (κ1) is 13.4. The smallest absolute Gasteiger partial charge is 0.253 e. The van der Waals surface area contributed by atoms with Crippen LogP contribution in [0.1, 0.15) is 25.3 Å². The molecule has 1 fully saturated rings. The maximum absolute atomic E-state index is 11.9. The van der Waals surface area contributed by atoms with Crippen molar-refractivity contribution in [2.24, 2.45) is 5.92 Å². The first-order valence-corrected chi connectivity index (χ1v) is 6.62. The van der Waals surface area contributed by atoms with Crippen LogP contribution in [0.15, 0.2) is 18.2 Å². The fourth-order valence-electron chi connectivity index (χ4n) is 1.64. The Balaban J connectivity index is 1.88. The summed E-state index contributed by atoms with van der Waals surface area (Å²) >= 11 is 5.87. The SMILES string of the molecule is Cc1cc(Cl)ccc1NC(=O)C(C)OCC1CC1. The zero-order valence-electron chi connectivity index (χ0n) is 10.7. The molecule has 1 unspecified atom stereocenters. The highest BCUT2D eigenvalue weighted by Gasteiger charge is 2.24. The number of amides is 1. The molecule has 1 saturated carbocycles. The summed E-state index contributed by atoms with van der Waals surface area (Å²) in [5.41, 5.74) is 1.73. The second-order valence-corrected chi connectivity index (χ2v) is 5.30. The monoisotopic (exact) mass is 267 g/mol. The van der Waals surface area contributed by atoms with Gasteiger partial charge in [0.15, 0.2) is 0 Å². The second-order valence-electron chi connectivity index (χ2n) is 4.87. The number of rotatable bonds is 5. The van der Waals surface area contributed by atoms with Crippen molar-refractivity contribution in [2.75, 3.05) is 11.9 Å². The van der Waals surface area contributed by atoms with Gasteiger partial charge in [-0.15, -0.1) is 0 Å². The number of benzene rings is 1.